The molecule has 150 valence electrons. The van der Waals surface area contributed by atoms with E-state index in [-0.39, 0.29) is 24.0 Å². The molecular formula is C20H26IN5S2. The predicted molar refractivity (Wildman–Crippen MR) is 131 cm³/mol. The number of aryl methyl sites for hydroxylation is 1. The van der Waals surface area contributed by atoms with Gasteiger partial charge in [0.2, 0.25) is 0 Å². The van der Waals surface area contributed by atoms with Crippen LogP contribution < -0.4 is 10.6 Å². The van der Waals surface area contributed by atoms with Crippen molar-refractivity contribution in [2.75, 3.05) is 13.1 Å². The number of aliphatic imine (C=N–C) groups is 1. The van der Waals surface area contributed by atoms with Crippen LogP contribution in [0.2, 0.25) is 0 Å². The van der Waals surface area contributed by atoms with Crippen molar-refractivity contribution in [1.82, 2.24) is 20.6 Å². The summed E-state index contributed by atoms with van der Waals surface area (Å²) in [6.07, 6.45) is 3.94. The van der Waals surface area contributed by atoms with E-state index < -0.39 is 0 Å². The number of nitrogens with one attached hydrogen (secondary N) is 2. The summed E-state index contributed by atoms with van der Waals surface area (Å²) in [5.41, 5.74) is 2.16. The summed E-state index contributed by atoms with van der Waals surface area (Å²) in [5, 5.41) is 11.0. The minimum Gasteiger partial charge on any atom is -0.357 e. The quantitative estimate of drug-likeness (QED) is 0.252. The minimum atomic E-state index is 0. The van der Waals surface area contributed by atoms with Gasteiger partial charge in [0, 0.05) is 41.5 Å². The van der Waals surface area contributed by atoms with Crippen molar-refractivity contribution in [3.8, 4) is 11.3 Å². The Labute approximate surface area is 191 Å². The Kier molecular flexibility index (Phi) is 9.86. The number of hydrogen-bond donors (Lipinski definition) is 2. The van der Waals surface area contributed by atoms with Crippen LogP contribution in [0.5, 0.6) is 0 Å². The maximum absolute atomic E-state index is 4.70. The molecule has 0 atom stereocenters. The lowest BCUT2D eigenvalue weighted by Gasteiger charge is -2.10. The lowest BCUT2D eigenvalue weighted by molar-refractivity contribution is 0.796. The Hall–Kier alpha value is -1.52. The van der Waals surface area contributed by atoms with Crippen molar-refractivity contribution >= 4 is 52.6 Å². The van der Waals surface area contributed by atoms with Crippen molar-refractivity contribution < 1.29 is 0 Å². The third-order valence-electron chi connectivity index (χ3n) is 3.92. The second-order valence-corrected chi connectivity index (χ2v) is 8.08. The van der Waals surface area contributed by atoms with Gasteiger partial charge in [0.05, 0.1) is 17.2 Å². The van der Waals surface area contributed by atoms with E-state index in [9.17, 15) is 0 Å². The van der Waals surface area contributed by atoms with Crippen LogP contribution in [0.25, 0.3) is 11.3 Å². The molecule has 0 radical (unpaired) electrons. The van der Waals surface area contributed by atoms with Gasteiger partial charge in [-0.2, -0.15) is 0 Å². The van der Waals surface area contributed by atoms with Crippen LogP contribution in [-0.4, -0.2) is 29.0 Å². The van der Waals surface area contributed by atoms with Gasteiger partial charge in [-0.3, -0.25) is 0 Å². The SMILES string of the molecule is CCNC(=NCc1nc(-c2ccccc2)cs1)NCCc1ncc(CC)s1.I. The molecule has 3 aromatic rings. The molecule has 0 bridgehead atoms. The smallest absolute Gasteiger partial charge is 0.191 e. The zero-order chi connectivity index (χ0) is 18.9. The summed E-state index contributed by atoms with van der Waals surface area (Å²) in [7, 11) is 0. The molecule has 0 aliphatic heterocycles. The standard InChI is InChI=1S/C20H25N5S2.HI/c1-3-16-12-23-18(27-16)10-11-22-20(21-4-2)24-13-19-25-17(14-26-19)15-8-6-5-7-9-15;/h5-9,12,14H,3-4,10-11,13H2,1-2H3,(H2,21,22,24);1H. The van der Waals surface area contributed by atoms with Crippen LogP contribution in [0, 0.1) is 0 Å². The van der Waals surface area contributed by atoms with Gasteiger partial charge in [-0.05, 0) is 13.3 Å². The Morgan fingerprint density at radius 2 is 1.93 bits per heavy atom. The molecule has 8 heteroatoms. The number of aromatic nitrogens is 2. The average Bonchev–Trinajstić information content (AvgIpc) is 3.36. The van der Waals surface area contributed by atoms with Crippen LogP contribution in [-0.2, 0) is 19.4 Å². The van der Waals surface area contributed by atoms with Crippen LogP contribution in [0.3, 0.4) is 0 Å². The van der Waals surface area contributed by atoms with Crippen molar-refractivity contribution in [1.29, 1.82) is 0 Å². The molecule has 0 saturated carbocycles. The molecule has 0 fully saturated rings. The molecule has 5 nitrogen and oxygen atoms in total. The van der Waals surface area contributed by atoms with Crippen LogP contribution in [0.1, 0.15) is 28.7 Å². The molecule has 3 rings (SSSR count). The summed E-state index contributed by atoms with van der Waals surface area (Å²) in [4.78, 5) is 15.2. The van der Waals surface area contributed by atoms with Crippen LogP contribution >= 0.6 is 46.7 Å². The van der Waals surface area contributed by atoms with Gasteiger partial charge >= 0.3 is 0 Å². The summed E-state index contributed by atoms with van der Waals surface area (Å²) in [5.74, 6) is 0.821. The maximum atomic E-state index is 4.70. The van der Waals surface area contributed by atoms with Gasteiger partial charge in [-0.1, -0.05) is 37.3 Å². The molecule has 1 aromatic carbocycles. The second kappa shape index (κ2) is 12.1. The highest BCUT2D eigenvalue weighted by Gasteiger charge is 2.05. The largest absolute Gasteiger partial charge is 0.357 e. The van der Waals surface area contributed by atoms with Crippen molar-refractivity contribution in [3.05, 3.63) is 56.8 Å². The summed E-state index contributed by atoms with van der Waals surface area (Å²) in [6, 6.07) is 10.2. The predicted octanol–water partition coefficient (Wildman–Crippen LogP) is 4.74. The van der Waals surface area contributed by atoms with Gasteiger partial charge in [0.1, 0.15) is 5.01 Å². The van der Waals surface area contributed by atoms with Gasteiger partial charge < -0.3 is 10.6 Å². The number of hydrogen-bond acceptors (Lipinski definition) is 5. The van der Waals surface area contributed by atoms with Gasteiger partial charge in [-0.15, -0.1) is 46.7 Å². The molecule has 28 heavy (non-hydrogen) atoms. The lowest BCUT2D eigenvalue weighted by Crippen LogP contribution is -2.38. The first-order valence-corrected chi connectivity index (χ1v) is 10.9. The average molecular weight is 528 g/mol. The number of halogens is 1. The van der Waals surface area contributed by atoms with E-state index in [1.165, 1.54) is 9.88 Å². The minimum absolute atomic E-state index is 0. The Balaban J connectivity index is 0.00000280. The molecule has 0 saturated heterocycles. The first kappa shape index (κ1) is 22.8. The van der Waals surface area contributed by atoms with Crippen molar-refractivity contribution in [2.24, 2.45) is 4.99 Å². The molecule has 0 spiro atoms. The monoisotopic (exact) mass is 527 g/mol. The number of thiazole rings is 2. The number of benzene rings is 1. The zero-order valence-electron chi connectivity index (χ0n) is 16.1. The van der Waals surface area contributed by atoms with E-state index in [2.05, 4.69) is 52.0 Å². The van der Waals surface area contributed by atoms with E-state index in [1.807, 2.05) is 24.4 Å². The van der Waals surface area contributed by atoms with Crippen molar-refractivity contribution in [2.45, 2.75) is 33.2 Å². The van der Waals surface area contributed by atoms with Gasteiger partial charge in [-0.25, -0.2) is 15.0 Å². The zero-order valence-corrected chi connectivity index (χ0v) is 20.1. The number of rotatable bonds is 8. The third kappa shape index (κ3) is 6.82. The Morgan fingerprint density at radius 1 is 1.11 bits per heavy atom. The fourth-order valence-electron chi connectivity index (χ4n) is 2.53. The van der Waals surface area contributed by atoms with Gasteiger partial charge in [0.15, 0.2) is 5.96 Å². The number of guanidine groups is 1. The van der Waals surface area contributed by atoms with Gasteiger partial charge in [0.25, 0.3) is 0 Å². The molecule has 0 unspecified atom stereocenters. The first-order chi connectivity index (χ1) is 13.3. The highest BCUT2D eigenvalue weighted by Crippen LogP contribution is 2.21. The van der Waals surface area contributed by atoms with Crippen molar-refractivity contribution in [3.63, 3.8) is 0 Å². The van der Waals surface area contributed by atoms with Crippen LogP contribution in [0.15, 0.2) is 46.9 Å². The fraction of sp³-hybridized carbons (Fsp3) is 0.350. The molecule has 0 amide bonds. The molecular weight excluding hydrogens is 501 g/mol. The highest BCUT2D eigenvalue weighted by atomic mass is 127. The molecule has 2 heterocycles. The van der Waals surface area contributed by atoms with E-state index in [0.29, 0.717) is 6.54 Å². The molecule has 0 aliphatic carbocycles. The Morgan fingerprint density at radius 3 is 2.64 bits per heavy atom. The molecule has 2 aromatic heterocycles. The van der Waals surface area contributed by atoms with E-state index in [4.69, 9.17) is 4.98 Å². The fourth-order valence-corrected chi connectivity index (χ4v) is 4.12. The summed E-state index contributed by atoms with van der Waals surface area (Å²) in [6.45, 7) is 6.45. The lowest BCUT2D eigenvalue weighted by atomic mass is 10.2. The third-order valence-corrected chi connectivity index (χ3v) is 5.95. The summed E-state index contributed by atoms with van der Waals surface area (Å²) < 4.78 is 0. The maximum Gasteiger partial charge on any atom is 0.191 e. The number of nitrogens with zero attached hydrogens (tertiary/aromatic N) is 3. The highest BCUT2D eigenvalue weighted by molar-refractivity contribution is 14.0. The Bertz CT molecular complexity index is 860. The van der Waals surface area contributed by atoms with E-state index >= 15 is 0 Å². The summed E-state index contributed by atoms with van der Waals surface area (Å²) >= 11 is 3.44. The second-order valence-electron chi connectivity index (χ2n) is 5.94. The van der Waals surface area contributed by atoms with E-state index in [0.717, 1.165) is 48.2 Å². The van der Waals surface area contributed by atoms with E-state index in [1.54, 1.807) is 22.7 Å². The molecule has 2 N–H and O–H groups in total. The normalized spacial score (nSPS) is 11.1. The molecule has 0 aliphatic rings. The van der Waals surface area contributed by atoms with Crippen LogP contribution in [0.4, 0.5) is 0 Å². The topological polar surface area (TPSA) is 62.2 Å². The first-order valence-electron chi connectivity index (χ1n) is 9.24.